The highest BCUT2D eigenvalue weighted by molar-refractivity contribution is 7.17. The van der Waals surface area contributed by atoms with E-state index < -0.39 is 0 Å². The van der Waals surface area contributed by atoms with Gasteiger partial charge in [0.2, 0.25) is 0 Å². The SMILES string of the molecule is C=C(O)c1sc(N2CCCCC2)nc1-c1nccn1CCO.CC. The molecule has 0 aromatic carbocycles. The number of rotatable bonds is 5. The van der Waals surface area contributed by atoms with E-state index in [0.29, 0.717) is 22.9 Å². The lowest BCUT2D eigenvalue weighted by molar-refractivity contribution is 0.276. The Hall–Kier alpha value is -1.86. The fourth-order valence-corrected chi connectivity index (χ4v) is 3.67. The highest BCUT2D eigenvalue weighted by atomic mass is 32.1. The van der Waals surface area contributed by atoms with E-state index in [2.05, 4.69) is 16.5 Å². The van der Waals surface area contributed by atoms with E-state index >= 15 is 0 Å². The standard InChI is InChI=1S/C15H20N4O2S.C2H6/c1-11(21)13-12(14-16-5-8-18(14)9-10-20)17-15(22-13)19-6-3-2-4-7-19;1-2/h5,8,20-21H,1-4,6-7,9-10H2;1-2H3. The van der Waals surface area contributed by atoms with Crippen LogP contribution in [0.2, 0.25) is 0 Å². The summed E-state index contributed by atoms with van der Waals surface area (Å²) in [7, 11) is 0. The van der Waals surface area contributed by atoms with Crippen LogP contribution in [0.25, 0.3) is 17.3 Å². The Morgan fingerprint density at radius 1 is 1.29 bits per heavy atom. The van der Waals surface area contributed by atoms with Gasteiger partial charge in [-0.15, -0.1) is 0 Å². The van der Waals surface area contributed by atoms with Crippen LogP contribution in [0.4, 0.5) is 5.13 Å². The zero-order valence-corrected chi connectivity index (χ0v) is 15.2. The number of piperidine rings is 1. The highest BCUT2D eigenvalue weighted by Crippen LogP contribution is 2.36. The number of aliphatic hydroxyl groups is 2. The van der Waals surface area contributed by atoms with Crippen molar-refractivity contribution in [3.8, 4) is 11.5 Å². The van der Waals surface area contributed by atoms with Gasteiger partial charge in [-0.1, -0.05) is 31.8 Å². The molecule has 1 saturated heterocycles. The van der Waals surface area contributed by atoms with Gasteiger partial charge in [0.05, 0.1) is 6.61 Å². The van der Waals surface area contributed by atoms with Crippen molar-refractivity contribution in [3.05, 3.63) is 23.8 Å². The molecule has 1 aliphatic rings. The second kappa shape index (κ2) is 8.84. The van der Waals surface area contributed by atoms with Crippen LogP contribution in [0.1, 0.15) is 38.0 Å². The highest BCUT2D eigenvalue weighted by Gasteiger charge is 2.22. The van der Waals surface area contributed by atoms with Crippen molar-refractivity contribution in [2.45, 2.75) is 39.7 Å². The van der Waals surface area contributed by atoms with Gasteiger partial charge < -0.3 is 19.7 Å². The van der Waals surface area contributed by atoms with Gasteiger partial charge in [-0.2, -0.15) is 0 Å². The lowest BCUT2D eigenvalue weighted by Gasteiger charge is -2.25. The summed E-state index contributed by atoms with van der Waals surface area (Å²) in [4.78, 5) is 11.9. The van der Waals surface area contributed by atoms with Crippen LogP contribution in [0.3, 0.4) is 0 Å². The second-order valence-corrected chi connectivity index (χ2v) is 6.31. The monoisotopic (exact) mass is 350 g/mol. The molecule has 0 amide bonds. The second-order valence-electron chi connectivity index (χ2n) is 5.34. The van der Waals surface area contributed by atoms with Crippen LogP contribution in [0.5, 0.6) is 0 Å². The van der Waals surface area contributed by atoms with Gasteiger partial charge in [0, 0.05) is 32.0 Å². The summed E-state index contributed by atoms with van der Waals surface area (Å²) in [6.07, 6.45) is 7.08. The number of nitrogens with zero attached hydrogens (tertiary/aromatic N) is 4. The van der Waals surface area contributed by atoms with Crippen LogP contribution in [-0.2, 0) is 6.54 Å². The molecule has 0 bridgehead atoms. The third-order valence-electron chi connectivity index (χ3n) is 3.77. The predicted molar refractivity (Wildman–Crippen MR) is 99.5 cm³/mol. The summed E-state index contributed by atoms with van der Waals surface area (Å²) < 4.78 is 1.83. The van der Waals surface area contributed by atoms with Crippen molar-refractivity contribution in [2.24, 2.45) is 0 Å². The van der Waals surface area contributed by atoms with Crippen molar-refractivity contribution >= 4 is 22.2 Å². The summed E-state index contributed by atoms with van der Waals surface area (Å²) in [5, 5.41) is 20.0. The molecule has 0 aliphatic carbocycles. The van der Waals surface area contributed by atoms with Crippen LogP contribution in [-0.4, -0.2) is 44.4 Å². The number of thiazole rings is 1. The number of anilines is 1. The minimum atomic E-state index is 0.00862. The number of aromatic nitrogens is 3. The first-order valence-corrected chi connectivity index (χ1v) is 9.28. The van der Waals surface area contributed by atoms with Gasteiger partial charge in [0.1, 0.15) is 16.3 Å². The van der Waals surface area contributed by atoms with Crippen LogP contribution >= 0.6 is 11.3 Å². The van der Waals surface area contributed by atoms with Gasteiger partial charge in [-0.3, -0.25) is 0 Å². The van der Waals surface area contributed by atoms with E-state index in [-0.39, 0.29) is 12.4 Å². The Labute approximate surface area is 147 Å². The average Bonchev–Trinajstić information content (AvgIpc) is 3.24. The minimum Gasteiger partial charge on any atom is -0.507 e. The number of aliphatic hydroxyl groups excluding tert-OH is 2. The molecule has 0 atom stereocenters. The molecule has 132 valence electrons. The molecule has 0 unspecified atom stereocenters. The summed E-state index contributed by atoms with van der Waals surface area (Å²) in [6, 6.07) is 0. The lowest BCUT2D eigenvalue weighted by atomic mass is 10.1. The Bertz CT molecular complexity index is 659. The molecule has 0 saturated carbocycles. The quantitative estimate of drug-likeness (QED) is 0.807. The third-order valence-corrected chi connectivity index (χ3v) is 4.94. The number of imidazole rings is 1. The van der Waals surface area contributed by atoms with E-state index in [9.17, 15) is 5.11 Å². The molecule has 2 N–H and O–H groups in total. The summed E-state index contributed by atoms with van der Waals surface area (Å²) in [5.41, 5.74) is 0.636. The van der Waals surface area contributed by atoms with Gasteiger partial charge in [-0.25, -0.2) is 9.97 Å². The zero-order chi connectivity index (χ0) is 17.5. The topological polar surface area (TPSA) is 74.4 Å². The van der Waals surface area contributed by atoms with E-state index in [1.54, 1.807) is 12.4 Å². The van der Waals surface area contributed by atoms with E-state index in [1.165, 1.54) is 30.6 Å². The molecule has 7 heteroatoms. The maximum absolute atomic E-state index is 9.91. The molecule has 1 aliphatic heterocycles. The molecule has 24 heavy (non-hydrogen) atoms. The fourth-order valence-electron chi connectivity index (χ4n) is 2.69. The zero-order valence-electron chi connectivity index (χ0n) is 14.4. The van der Waals surface area contributed by atoms with Crippen molar-refractivity contribution in [1.82, 2.24) is 14.5 Å². The fraction of sp³-hybridized carbons (Fsp3) is 0.529. The smallest absolute Gasteiger partial charge is 0.186 e. The Morgan fingerprint density at radius 3 is 2.62 bits per heavy atom. The van der Waals surface area contributed by atoms with Crippen molar-refractivity contribution in [3.63, 3.8) is 0 Å². The first-order valence-electron chi connectivity index (χ1n) is 8.47. The van der Waals surface area contributed by atoms with Gasteiger partial charge in [-0.05, 0) is 19.3 Å². The molecule has 2 aromatic heterocycles. The Kier molecular flexibility index (Phi) is 6.81. The molecule has 0 radical (unpaired) electrons. The van der Waals surface area contributed by atoms with Crippen LogP contribution < -0.4 is 4.90 Å². The molecule has 3 rings (SSSR count). The van der Waals surface area contributed by atoms with Crippen LogP contribution in [0, 0.1) is 0 Å². The summed E-state index contributed by atoms with van der Waals surface area (Å²) in [6.45, 7) is 10.1. The average molecular weight is 350 g/mol. The van der Waals surface area contributed by atoms with E-state index in [1.807, 2.05) is 18.4 Å². The summed E-state index contributed by atoms with van der Waals surface area (Å²) >= 11 is 1.45. The van der Waals surface area contributed by atoms with Gasteiger partial charge in [0.25, 0.3) is 0 Å². The third kappa shape index (κ3) is 3.96. The normalized spacial score (nSPS) is 14.2. The number of hydrogen-bond acceptors (Lipinski definition) is 6. The Balaban J connectivity index is 0.00000100. The van der Waals surface area contributed by atoms with E-state index in [4.69, 9.17) is 10.1 Å². The first-order chi connectivity index (χ1) is 11.7. The molecule has 2 aromatic rings. The molecule has 6 nitrogen and oxygen atoms in total. The Morgan fingerprint density at radius 2 is 2.00 bits per heavy atom. The molecule has 1 fully saturated rings. The molecule has 0 spiro atoms. The number of hydrogen-bond donors (Lipinski definition) is 2. The first kappa shape index (κ1) is 18.5. The minimum absolute atomic E-state index is 0.00862. The molecular formula is C17H26N4O2S. The summed E-state index contributed by atoms with van der Waals surface area (Å²) in [5.74, 6) is 0.660. The van der Waals surface area contributed by atoms with E-state index in [0.717, 1.165) is 18.2 Å². The lowest BCUT2D eigenvalue weighted by Crippen LogP contribution is -2.29. The van der Waals surface area contributed by atoms with Crippen molar-refractivity contribution in [1.29, 1.82) is 0 Å². The van der Waals surface area contributed by atoms with Crippen molar-refractivity contribution in [2.75, 3.05) is 24.6 Å². The maximum Gasteiger partial charge on any atom is 0.186 e. The van der Waals surface area contributed by atoms with Gasteiger partial charge >= 0.3 is 0 Å². The van der Waals surface area contributed by atoms with Gasteiger partial charge in [0.15, 0.2) is 11.0 Å². The predicted octanol–water partition coefficient (Wildman–Crippen LogP) is 3.54. The molecule has 3 heterocycles. The molecular weight excluding hydrogens is 324 g/mol. The maximum atomic E-state index is 9.91. The largest absolute Gasteiger partial charge is 0.507 e. The van der Waals surface area contributed by atoms with Crippen LogP contribution in [0.15, 0.2) is 19.0 Å². The van der Waals surface area contributed by atoms with Crippen molar-refractivity contribution < 1.29 is 10.2 Å².